The number of amides is 1. The van der Waals surface area contributed by atoms with E-state index < -0.39 is 10.8 Å². The van der Waals surface area contributed by atoms with Crippen molar-refractivity contribution in [1.82, 2.24) is 25.0 Å². The van der Waals surface area contributed by atoms with Crippen LogP contribution in [0, 0.1) is 36.8 Å². The van der Waals surface area contributed by atoms with E-state index in [1.807, 2.05) is 6.92 Å². The summed E-state index contributed by atoms with van der Waals surface area (Å²) < 4.78 is 3.14. The Morgan fingerprint density at radius 1 is 1.40 bits per heavy atom. The molecule has 10 heteroatoms. The SMILES string of the molecule is Cc1nn(C)cc1/C=N/NC(=O)C(C)Cn1nc(C)c([N+](=O)[O-])c1C. The molecule has 0 radical (unpaired) electrons. The summed E-state index contributed by atoms with van der Waals surface area (Å²) in [5.41, 5.74) is 4.83. The number of hydrazone groups is 1. The smallest absolute Gasteiger partial charge is 0.275 e. The second-order valence-corrected chi connectivity index (χ2v) is 5.94. The maximum atomic E-state index is 12.1. The molecule has 0 spiro atoms. The highest BCUT2D eigenvalue weighted by Crippen LogP contribution is 2.22. The quantitative estimate of drug-likeness (QED) is 0.479. The van der Waals surface area contributed by atoms with Gasteiger partial charge in [-0.25, -0.2) is 5.43 Å². The maximum absolute atomic E-state index is 12.1. The van der Waals surface area contributed by atoms with Crippen molar-refractivity contribution in [3.05, 3.63) is 39.0 Å². The first-order valence-electron chi connectivity index (χ1n) is 7.72. The van der Waals surface area contributed by atoms with Gasteiger partial charge in [0.2, 0.25) is 5.91 Å². The van der Waals surface area contributed by atoms with Crippen LogP contribution in [0.3, 0.4) is 0 Å². The lowest BCUT2D eigenvalue weighted by molar-refractivity contribution is -0.386. The van der Waals surface area contributed by atoms with Gasteiger partial charge in [0, 0.05) is 18.8 Å². The first kappa shape index (κ1) is 18.3. The number of nitrogens with one attached hydrogen (secondary N) is 1. The van der Waals surface area contributed by atoms with E-state index in [0.29, 0.717) is 11.4 Å². The Kier molecular flexibility index (Phi) is 5.30. The summed E-state index contributed by atoms with van der Waals surface area (Å²) in [5, 5.41) is 23.3. The fraction of sp³-hybridized carbons (Fsp3) is 0.467. The largest absolute Gasteiger partial charge is 0.312 e. The third-order valence-electron chi connectivity index (χ3n) is 3.85. The van der Waals surface area contributed by atoms with Crippen LogP contribution in [0.5, 0.6) is 0 Å². The van der Waals surface area contributed by atoms with Crippen LogP contribution in [0.4, 0.5) is 5.69 Å². The Hall–Kier alpha value is -3.04. The van der Waals surface area contributed by atoms with Gasteiger partial charge in [-0.3, -0.25) is 24.3 Å². The van der Waals surface area contributed by atoms with Crippen molar-refractivity contribution < 1.29 is 9.72 Å². The van der Waals surface area contributed by atoms with E-state index in [-0.39, 0.29) is 18.1 Å². The minimum atomic E-state index is -0.459. The zero-order chi connectivity index (χ0) is 18.7. The molecule has 2 aromatic rings. The number of hydrogen-bond donors (Lipinski definition) is 1. The monoisotopic (exact) mass is 347 g/mol. The third-order valence-corrected chi connectivity index (χ3v) is 3.85. The molecule has 0 aromatic carbocycles. The molecule has 2 heterocycles. The van der Waals surface area contributed by atoms with E-state index in [1.54, 1.807) is 38.7 Å². The van der Waals surface area contributed by atoms with E-state index in [4.69, 9.17) is 0 Å². The van der Waals surface area contributed by atoms with Crippen molar-refractivity contribution >= 4 is 17.8 Å². The molecule has 0 fully saturated rings. The molecule has 1 unspecified atom stereocenters. The molecular weight excluding hydrogens is 326 g/mol. The zero-order valence-corrected chi connectivity index (χ0v) is 14.8. The maximum Gasteiger partial charge on any atom is 0.312 e. The first-order valence-corrected chi connectivity index (χ1v) is 7.72. The van der Waals surface area contributed by atoms with Crippen LogP contribution in [0.15, 0.2) is 11.3 Å². The van der Waals surface area contributed by atoms with Crippen molar-refractivity contribution in [3.63, 3.8) is 0 Å². The highest BCUT2D eigenvalue weighted by atomic mass is 16.6. The second-order valence-electron chi connectivity index (χ2n) is 5.94. The number of carbonyl (C=O) groups is 1. The summed E-state index contributed by atoms with van der Waals surface area (Å²) in [7, 11) is 1.80. The number of nitro groups is 1. The van der Waals surface area contributed by atoms with Crippen LogP contribution in [-0.4, -0.2) is 36.6 Å². The summed E-state index contributed by atoms with van der Waals surface area (Å²) >= 11 is 0. The average Bonchev–Trinajstić information content (AvgIpc) is 2.97. The van der Waals surface area contributed by atoms with Crippen molar-refractivity contribution in [2.45, 2.75) is 34.2 Å². The van der Waals surface area contributed by atoms with Crippen molar-refractivity contribution in [1.29, 1.82) is 0 Å². The van der Waals surface area contributed by atoms with E-state index in [9.17, 15) is 14.9 Å². The Balaban J connectivity index is 2.00. The highest BCUT2D eigenvalue weighted by molar-refractivity contribution is 5.83. The molecule has 0 bridgehead atoms. The lowest BCUT2D eigenvalue weighted by Gasteiger charge is -2.10. The van der Waals surface area contributed by atoms with Crippen molar-refractivity contribution in [3.8, 4) is 0 Å². The van der Waals surface area contributed by atoms with Crippen LogP contribution < -0.4 is 5.43 Å². The third kappa shape index (κ3) is 4.08. The molecule has 0 saturated heterocycles. The molecule has 2 rings (SSSR count). The molecular formula is C15H21N7O3. The summed E-state index contributed by atoms with van der Waals surface area (Å²) in [6.45, 7) is 6.98. The van der Waals surface area contributed by atoms with Gasteiger partial charge in [0.1, 0.15) is 11.4 Å². The molecule has 134 valence electrons. The molecule has 25 heavy (non-hydrogen) atoms. The molecule has 2 aromatic heterocycles. The summed E-state index contributed by atoms with van der Waals surface area (Å²) in [6.07, 6.45) is 3.32. The van der Waals surface area contributed by atoms with E-state index >= 15 is 0 Å². The molecule has 0 aliphatic carbocycles. The van der Waals surface area contributed by atoms with E-state index in [0.717, 1.165) is 11.3 Å². The molecule has 0 aliphatic heterocycles. The lowest BCUT2D eigenvalue weighted by Crippen LogP contribution is -2.28. The normalized spacial score (nSPS) is 12.5. The minimum Gasteiger partial charge on any atom is -0.275 e. The number of rotatable bonds is 6. The summed E-state index contributed by atoms with van der Waals surface area (Å²) in [4.78, 5) is 22.7. The Morgan fingerprint density at radius 2 is 2.08 bits per heavy atom. The van der Waals surface area contributed by atoms with Gasteiger partial charge in [0.05, 0.1) is 29.3 Å². The van der Waals surface area contributed by atoms with E-state index in [2.05, 4.69) is 20.7 Å². The number of hydrogen-bond acceptors (Lipinski definition) is 6. The van der Waals surface area contributed by atoms with Gasteiger partial charge >= 0.3 is 5.69 Å². The van der Waals surface area contributed by atoms with Gasteiger partial charge in [0.25, 0.3) is 0 Å². The summed E-state index contributed by atoms with van der Waals surface area (Å²) in [6, 6.07) is 0. The second kappa shape index (κ2) is 7.24. The predicted molar refractivity (Wildman–Crippen MR) is 91.2 cm³/mol. The van der Waals surface area contributed by atoms with Crippen LogP contribution in [-0.2, 0) is 18.4 Å². The fourth-order valence-corrected chi connectivity index (χ4v) is 2.49. The Bertz CT molecular complexity index is 835. The van der Waals surface area contributed by atoms with Crippen molar-refractivity contribution in [2.75, 3.05) is 0 Å². The Morgan fingerprint density at radius 3 is 2.60 bits per heavy atom. The van der Waals surface area contributed by atoms with Gasteiger partial charge in [-0.15, -0.1) is 0 Å². The molecule has 1 atom stereocenters. The van der Waals surface area contributed by atoms with Crippen LogP contribution in [0.2, 0.25) is 0 Å². The van der Waals surface area contributed by atoms with Crippen LogP contribution >= 0.6 is 0 Å². The average molecular weight is 347 g/mol. The number of aryl methyl sites for hydroxylation is 3. The van der Waals surface area contributed by atoms with E-state index in [1.165, 1.54) is 10.9 Å². The predicted octanol–water partition coefficient (Wildman–Crippen LogP) is 1.24. The zero-order valence-electron chi connectivity index (χ0n) is 14.8. The molecule has 10 nitrogen and oxygen atoms in total. The van der Waals surface area contributed by atoms with Gasteiger partial charge in [-0.05, 0) is 20.8 Å². The van der Waals surface area contributed by atoms with Gasteiger partial charge in [-0.1, -0.05) is 6.92 Å². The molecule has 1 amide bonds. The lowest BCUT2D eigenvalue weighted by atomic mass is 10.1. The van der Waals surface area contributed by atoms with Crippen LogP contribution in [0.25, 0.3) is 0 Å². The minimum absolute atomic E-state index is 0.0160. The molecule has 0 aliphatic rings. The van der Waals surface area contributed by atoms with Crippen LogP contribution in [0.1, 0.15) is 29.6 Å². The number of carbonyl (C=O) groups excluding carboxylic acids is 1. The molecule has 0 saturated carbocycles. The number of nitrogens with zero attached hydrogens (tertiary/aromatic N) is 6. The van der Waals surface area contributed by atoms with Gasteiger partial charge in [-0.2, -0.15) is 15.3 Å². The standard InChI is InChI=1S/C15H21N7O3/c1-9(7-21-12(4)14(22(24)25)11(3)19-21)15(23)17-16-6-13-8-20(5)18-10(13)2/h6,8-9H,7H2,1-5H3,(H,17,23)/b16-6+. The Labute approximate surface area is 144 Å². The summed E-state index contributed by atoms with van der Waals surface area (Å²) in [5.74, 6) is -0.752. The number of aromatic nitrogens is 4. The fourth-order valence-electron chi connectivity index (χ4n) is 2.49. The van der Waals surface area contributed by atoms with Gasteiger partial charge in [0.15, 0.2) is 0 Å². The van der Waals surface area contributed by atoms with Gasteiger partial charge < -0.3 is 0 Å². The van der Waals surface area contributed by atoms with Crippen molar-refractivity contribution in [2.24, 2.45) is 18.1 Å². The molecule has 1 N–H and O–H groups in total. The topological polar surface area (TPSA) is 120 Å². The highest BCUT2D eigenvalue weighted by Gasteiger charge is 2.24. The first-order chi connectivity index (χ1) is 11.7.